The van der Waals surface area contributed by atoms with Gasteiger partial charge in [-0.25, -0.2) is 0 Å². The summed E-state index contributed by atoms with van der Waals surface area (Å²) in [5.74, 6) is 2.92. The maximum atomic E-state index is 4.38. The van der Waals surface area contributed by atoms with Gasteiger partial charge in [0.25, 0.3) is 0 Å². The van der Waals surface area contributed by atoms with Crippen molar-refractivity contribution in [3.63, 3.8) is 0 Å². The third-order valence-electron chi connectivity index (χ3n) is 4.70. The van der Waals surface area contributed by atoms with Crippen molar-refractivity contribution in [2.45, 2.75) is 39.5 Å². The van der Waals surface area contributed by atoms with Crippen molar-refractivity contribution in [2.24, 2.45) is 16.8 Å². The van der Waals surface area contributed by atoms with Crippen LogP contribution in [0.5, 0.6) is 0 Å². The minimum absolute atomic E-state index is 0. The summed E-state index contributed by atoms with van der Waals surface area (Å²) in [5, 5.41) is 11.4. The SMILES string of the molecule is CN=C(NCC1CCCN(CC(C)C)C1)NCC(C)c1ccsc1.I. The molecule has 0 spiro atoms. The number of aliphatic imine (C=N–C) groups is 1. The number of hydrogen-bond acceptors (Lipinski definition) is 3. The maximum absolute atomic E-state index is 4.38. The number of nitrogens with one attached hydrogen (secondary N) is 2. The van der Waals surface area contributed by atoms with Crippen LogP contribution in [0.3, 0.4) is 0 Å². The van der Waals surface area contributed by atoms with Crippen molar-refractivity contribution in [2.75, 3.05) is 39.8 Å². The summed E-state index contributed by atoms with van der Waals surface area (Å²) in [6, 6.07) is 2.21. The van der Waals surface area contributed by atoms with Gasteiger partial charge < -0.3 is 15.5 Å². The van der Waals surface area contributed by atoms with E-state index in [9.17, 15) is 0 Å². The molecular weight excluding hydrogens is 443 g/mol. The number of nitrogens with zero attached hydrogens (tertiary/aromatic N) is 2. The lowest BCUT2D eigenvalue weighted by Crippen LogP contribution is -2.45. The molecule has 0 aromatic carbocycles. The van der Waals surface area contributed by atoms with E-state index in [4.69, 9.17) is 0 Å². The quantitative estimate of drug-likeness (QED) is 0.354. The summed E-state index contributed by atoms with van der Waals surface area (Å²) >= 11 is 1.76. The van der Waals surface area contributed by atoms with Crippen LogP contribution in [0, 0.1) is 11.8 Å². The Hall–Kier alpha value is -0.340. The van der Waals surface area contributed by atoms with Gasteiger partial charge in [-0.3, -0.25) is 4.99 Å². The van der Waals surface area contributed by atoms with E-state index in [0.29, 0.717) is 5.92 Å². The third-order valence-corrected chi connectivity index (χ3v) is 5.40. The molecule has 4 nitrogen and oxygen atoms in total. The molecule has 144 valence electrons. The van der Waals surface area contributed by atoms with Crippen molar-refractivity contribution in [1.82, 2.24) is 15.5 Å². The number of halogens is 1. The molecule has 1 aromatic heterocycles. The first-order valence-corrected chi connectivity index (χ1v) is 10.2. The predicted molar refractivity (Wildman–Crippen MR) is 122 cm³/mol. The summed E-state index contributed by atoms with van der Waals surface area (Å²) in [4.78, 5) is 7.00. The Morgan fingerprint density at radius 3 is 2.80 bits per heavy atom. The minimum Gasteiger partial charge on any atom is -0.356 e. The third kappa shape index (κ3) is 8.26. The molecular formula is C19H35IN4S. The molecule has 25 heavy (non-hydrogen) atoms. The highest BCUT2D eigenvalue weighted by molar-refractivity contribution is 14.0. The molecule has 2 atom stereocenters. The van der Waals surface area contributed by atoms with Gasteiger partial charge in [-0.15, -0.1) is 24.0 Å². The second-order valence-electron chi connectivity index (χ2n) is 7.45. The van der Waals surface area contributed by atoms with Gasteiger partial charge in [0.1, 0.15) is 0 Å². The Balaban J connectivity index is 0.00000312. The summed E-state index contributed by atoms with van der Waals surface area (Å²) in [6.07, 6.45) is 2.64. The Bertz CT molecular complexity index is 490. The Morgan fingerprint density at radius 1 is 1.36 bits per heavy atom. The van der Waals surface area contributed by atoms with Gasteiger partial charge in [0.05, 0.1) is 0 Å². The Morgan fingerprint density at radius 2 is 2.16 bits per heavy atom. The highest BCUT2D eigenvalue weighted by atomic mass is 127. The van der Waals surface area contributed by atoms with Crippen molar-refractivity contribution in [1.29, 1.82) is 0 Å². The normalized spacial score (nSPS) is 20.2. The zero-order valence-electron chi connectivity index (χ0n) is 16.1. The summed E-state index contributed by atoms with van der Waals surface area (Å²) in [6.45, 7) is 12.5. The van der Waals surface area contributed by atoms with E-state index in [1.165, 1.54) is 38.0 Å². The molecule has 6 heteroatoms. The van der Waals surface area contributed by atoms with E-state index in [1.54, 1.807) is 11.3 Å². The second-order valence-corrected chi connectivity index (χ2v) is 8.23. The van der Waals surface area contributed by atoms with Crippen LogP contribution in [-0.2, 0) is 0 Å². The molecule has 2 N–H and O–H groups in total. The molecule has 0 bridgehead atoms. The number of piperidine rings is 1. The topological polar surface area (TPSA) is 39.7 Å². The second kappa shape index (κ2) is 12.1. The summed E-state index contributed by atoms with van der Waals surface area (Å²) in [5.41, 5.74) is 1.40. The molecule has 1 aliphatic heterocycles. The first-order chi connectivity index (χ1) is 11.6. The molecule has 0 aliphatic carbocycles. The van der Waals surface area contributed by atoms with Crippen molar-refractivity contribution in [3.05, 3.63) is 22.4 Å². The largest absolute Gasteiger partial charge is 0.356 e. The van der Waals surface area contributed by atoms with Crippen LogP contribution in [0.15, 0.2) is 21.8 Å². The van der Waals surface area contributed by atoms with Crippen molar-refractivity contribution in [3.8, 4) is 0 Å². The number of likely N-dealkylation sites (tertiary alicyclic amines) is 1. The van der Waals surface area contributed by atoms with Crippen LogP contribution in [0.4, 0.5) is 0 Å². The Labute approximate surface area is 174 Å². The van der Waals surface area contributed by atoms with Gasteiger partial charge in [-0.1, -0.05) is 20.8 Å². The summed E-state index contributed by atoms with van der Waals surface area (Å²) < 4.78 is 0. The highest BCUT2D eigenvalue weighted by Crippen LogP contribution is 2.18. The minimum atomic E-state index is 0. The number of rotatable bonds is 7. The molecule has 0 amide bonds. The van der Waals surface area contributed by atoms with Crippen LogP contribution in [0.2, 0.25) is 0 Å². The molecule has 1 fully saturated rings. The van der Waals surface area contributed by atoms with Crippen molar-refractivity contribution >= 4 is 41.3 Å². The first kappa shape index (κ1) is 22.7. The fraction of sp³-hybridized carbons (Fsp3) is 0.737. The van der Waals surface area contributed by atoms with E-state index < -0.39 is 0 Å². The van der Waals surface area contributed by atoms with Gasteiger partial charge in [0.2, 0.25) is 0 Å². The molecule has 2 heterocycles. The molecule has 2 rings (SSSR count). The monoisotopic (exact) mass is 478 g/mol. The van der Waals surface area contributed by atoms with Crippen LogP contribution in [0.1, 0.15) is 45.1 Å². The molecule has 1 saturated heterocycles. The zero-order valence-corrected chi connectivity index (χ0v) is 19.3. The van der Waals surface area contributed by atoms with Crippen LogP contribution >= 0.6 is 35.3 Å². The lowest BCUT2D eigenvalue weighted by atomic mass is 9.97. The lowest BCUT2D eigenvalue weighted by molar-refractivity contribution is 0.159. The fourth-order valence-corrected chi connectivity index (χ4v) is 4.17. The van der Waals surface area contributed by atoms with Gasteiger partial charge in [-0.2, -0.15) is 11.3 Å². The van der Waals surface area contributed by atoms with E-state index in [1.807, 2.05) is 7.05 Å². The average molecular weight is 478 g/mol. The van der Waals surface area contributed by atoms with Gasteiger partial charge in [-0.05, 0) is 59.5 Å². The highest BCUT2D eigenvalue weighted by Gasteiger charge is 2.20. The molecule has 0 saturated carbocycles. The van der Waals surface area contributed by atoms with Crippen LogP contribution in [-0.4, -0.2) is 50.6 Å². The van der Waals surface area contributed by atoms with Gasteiger partial charge in [0.15, 0.2) is 5.96 Å². The lowest BCUT2D eigenvalue weighted by Gasteiger charge is -2.34. The van der Waals surface area contributed by atoms with E-state index >= 15 is 0 Å². The Kier molecular flexibility index (Phi) is 11.0. The predicted octanol–water partition coefficient (Wildman–Crippen LogP) is 4.00. The van der Waals surface area contributed by atoms with Crippen molar-refractivity contribution < 1.29 is 0 Å². The number of guanidine groups is 1. The molecule has 2 unspecified atom stereocenters. The number of thiophene rings is 1. The maximum Gasteiger partial charge on any atom is 0.191 e. The molecule has 1 aliphatic rings. The first-order valence-electron chi connectivity index (χ1n) is 9.27. The summed E-state index contributed by atoms with van der Waals surface area (Å²) in [7, 11) is 1.86. The standard InChI is InChI=1S/C19H34N4S.HI/c1-15(2)12-23-8-5-6-17(13-23)11-22-19(20-4)21-10-16(3)18-7-9-24-14-18;/h7,9,14-17H,5-6,8,10-13H2,1-4H3,(H2,20,21,22);1H. The van der Waals surface area contributed by atoms with Gasteiger partial charge >= 0.3 is 0 Å². The van der Waals surface area contributed by atoms with Crippen LogP contribution in [0.25, 0.3) is 0 Å². The van der Waals surface area contributed by atoms with E-state index in [0.717, 1.165) is 30.9 Å². The van der Waals surface area contributed by atoms with Crippen LogP contribution < -0.4 is 10.6 Å². The van der Waals surface area contributed by atoms with E-state index in [2.05, 4.69) is 58.1 Å². The molecule has 0 radical (unpaired) electrons. The smallest absolute Gasteiger partial charge is 0.191 e. The number of hydrogen-bond donors (Lipinski definition) is 2. The van der Waals surface area contributed by atoms with Gasteiger partial charge in [0, 0.05) is 33.2 Å². The molecule has 1 aromatic rings. The zero-order chi connectivity index (χ0) is 17.4. The average Bonchev–Trinajstić information content (AvgIpc) is 3.09. The fourth-order valence-electron chi connectivity index (χ4n) is 3.38. The van der Waals surface area contributed by atoms with E-state index in [-0.39, 0.29) is 24.0 Å².